The van der Waals surface area contributed by atoms with Gasteiger partial charge in [-0.1, -0.05) is 65.7 Å². The van der Waals surface area contributed by atoms with Crippen LogP contribution in [0.15, 0.2) is 60.7 Å². The molecule has 21 heavy (non-hydrogen) atoms. The van der Waals surface area contributed by atoms with Crippen LogP contribution in [0.4, 0.5) is 0 Å². The summed E-state index contributed by atoms with van der Waals surface area (Å²) in [5, 5.41) is 3.73. The Morgan fingerprint density at radius 3 is 2.38 bits per heavy atom. The van der Waals surface area contributed by atoms with E-state index in [9.17, 15) is 0 Å². The molecule has 3 aromatic rings. The lowest BCUT2D eigenvalue weighted by atomic mass is 9.97. The van der Waals surface area contributed by atoms with Crippen molar-refractivity contribution in [2.45, 2.75) is 12.5 Å². The number of hydrogen-bond donors (Lipinski definition) is 1. The van der Waals surface area contributed by atoms with E-state index in [1.807, 2.05) is 24.3 Å². The van der Waals surface area contributed by atoms with Gasteiger partial charge in [0.25, 0.3) is 0 Å². The summed E-state index contributed by atoms with van der Waals surface area (Å²) in [6.07, 6.45) is 0.689. The average Bonchev–Trinajstić information content (AvgIpc) is 2.49. The van der Waals surface area contributed by atoms with Crippen molar-refractivity contribution >= 4 is 34.0 Å². The van der Waals surface area contributed by atoms with Crippen LogP contribution in [0, 0.1) is 0 Å². The van der Waals surface area contributed by atoms with Crippen LogP contribution in [-0.2, 0) is 6.42 Å². The molecule has 0 aliphatic carbocycles. The molecule has 0 aliphatic rings. The minimum Gasteiger partial charge on any atom is -0.324 e. The van der Waals surface area contributed by atoms with Crippen LogP contribution in [-0.4, -0.2) is 0 Å². The predicted molar refractivity (Wildman–Crippen MR) is 91.0 cm³/mol. The van der Waals surface area contributed by atoms with Gasteiger partial charge in [0.2, 0.25) is 0 Å². The van der Waals surface area contributed by atoms with E-state index >= 15 is 0 Å². The molecule has 0 saturated carbocycles. The summed E-state index contributed by atoms with van der Waals surface area (Å²) in [6.45, 7) is 0. The molecular formula is C18H15Cl2N. The van der Waals surface area contributed by atoms with Gasteiger partial charge in [-0.05, 0) is 46.5 Å². The van der Waals surface area contributed by atoms with E-state index in [0.717, 1.165) is 11.1 Å². The molecular weight excluding hydrogens is 301 g/mol. The first kappa shape index (κ1) is 14.4. The number of hydrogen-bond acceptors (Lipinski definition) is 1. The van der Waals surface area contributed by atoms with Gasteiger partial charge >= 0.3 is 0 Å². The van der Waals surface area contributed by atoms with E-state index in [4.69, 9.17) is 28.9 Å². The zero-order valence-corrected chi connectivity index (χ0v) is 12.9. The Kier molecular flexibility index (Phi) is 4.16. The summed E-state index contributed by atoms with van der Waals surface area (Å²) >= 11 is 12.1. The molecule has 3 rings (SSSR count). The number of halogens is 2. The van der Waals surface area contributed by atoms with Gasteiger partial charge in [0, 0.05) is 16.1 Å². The Hall–Kier alpha value is -1.54. The van der Waals surface area contributed by atoms with Crippen LogP contribution >= 0.6 is 23.2 Å². The first-order valence-electron chi connectivity index (χ1n) is 6.82. The highest BCUT2D eigenvalue weighted by molar-refractivity contribution is 6.35. The number of nitrogens with two attached hydrogens (primary N) is 1. The third kappa shape index (κ3) is 3.21. The van der Waals surface area contributed by atoms with E-state index in [-0.39, 0.29) is 6.04 Å². The van der Waals surface area contributed by atoms with Gasteiger partial charge in [0.1, 0.15) is 0 Å². The normalized spacial score (nSPS) is 12.5. The largest absolute Gasteiger partial charge is 0.324 e. The molecule has 3 aromatic carbocycles. The maximum absolute atomic E-state index is 6.33. The molecule has 0 heterocycles. The SMILES string of the molecule is NC(Cc1ccc(Cl)cc1Cl)c1ccc2ccccc2c1. The quantitative estimate of drug-likeness (QED) is 0.689. The first-order chi connectivity index (χ1) is 10.1. The van der Waals surface area contributed by atoms with Crippen molar-refractivity contribution in [1.29, 1.82) is 0 Å². The first-order valence-corrected chi connectivity index (χ1v) is 7.57. The van der Waals surface area contributed by atoms with Crippen LogP contribution in [0.5, 0.6) is 0 Å². The van der Waals surface area contributed by atoms with Gasteiger partial charge in [-0.2, -0.15) is 0 Å². The van der Waals surface area contributed by atoms with Gasteiger partial charge in [0.05, 0.1) is 0 Å². The third-order valence-corrected chi connectivity index (χ3v) is 4.24. The summed E-state index contributed by atoms with van der Waals surface area (Å²) in [7, 11) is 0. The van der Waals surface area contributed by atoms with E-state index in [2.05, 4.69) is 30.3 Å². The van der Waals surface area contributed by atoms with Crippen molar-refractivity contribution in [3.8, 4) is 0 Å². The highest BCUT2D eigenvalue weighted by Gasteiger charge is 2.10. The molecule has 0 spiro atoms. The van der Waals surface area contributed by atoms with Gasteiger partial charge < -0.3 is 5.73 Å². The van der Waals surface area contributed by atoms with Gasteiger partial charge in [-0.3, -0.25) is 0 Å². The number of fused-ring (bicyclic) bond motifs is 1. The van der Waals surface area contributed by atoms with E-state index in [1.165, 1.54) is 10.8 Å². The highest BCUT2D eigenvalue weighted by atomic mass is 35.5. The summed E-state index contributed by atoms with van der Waals surface area (Å²) < 4.78 is 0. The van der Waals surface area contributed by atoms with Crippen molar-refractivity contribution in [2.75, 3.05) is 0 Å². The van der Waals surface area contributed by atoms with Crippen LogP contribution in [0.1, 0.15) is 17.2 Å². The predicted octanol–water partition coefficient (Wildman–Crippen LogP) is 5.39. The average molecular weight is 316 g/mol. The van der Waals surface area contributed by atoms with Crippen molar-refractivity contribution in [3.05, 3.63) is 81.8 Å². The monoisotopic (exact) mass is 315 g/mol. The zero-order chi connectivity index (χ0) is 14.8. The van der Waals surface area contributed by atoms with Crippen molar-refractivity contribution in [3.63, 3.8) is 0 Å². The van der Waals surface area contributed by atoms with Crippen LogP contribution in [0.25, 0.3) is 10.8 Å². The van der Waals surface area contributed by atoms with E-state index in [0.29, 0.717) is 16.5 Å². The van der Waals surface area contributed by atoms with Crippen molar-refractivity contribution in [1.82, 2.24) is 0 Å². The van der Waals surface area contributed by atoms with Crippen LogP contribution in [0.3, 0.4) is 0 Å². The Labute approximate surface area is 134 Å². The maximum Gasteiger partial charge on any atom is 0.0453 e. The molecule has 0 fully saturated rings. The van der Waals surface area contributed by atoms with Crippen LogP contribution in [0.2, 0.25) is 10.0 Å². The van der Waals surface area contributed by atoms with Gasteiger partial charge in [-0.15, -0.1) is 0 Å². The Bertz CT molecular complexity index is 783. The highest BCUT2D eigenvalue weighted by Crippen LogP contribution is 2.26. The van der Waals surface area contributed by atoms with E-state index < -0.39 is 0 Å². The van der Waals surface area contributed by atoms with E-state index in [1.54, 1.807) is 6.07 Å². The Morgan fingerprint density at radius 1 is 0.857 bits per heavy atom. The summed E-state index contributed by atoms with van der Waals surface area (Å²) in [5.74, 6) is 0. The molecule has 0 aromatic heterocycles. The minimum absolute atomic E-state index is 0.0896. The molecule has 0 bridgehead atoms. The second-order valence-electron chi connectivity index (χ2n) is 5.15. The van der Waals surface area contributed by atoms with Crippen molar-refractivity contribution < 1.29 is 0 Å². The standard InChI is InChI=1S/C18H15Cl2N/c19-16-8-7-14(17(20)11-16)10-18(21)15-6-5-12-3-1-2-4-13(12)9-15/h1-9,11,18H,10,21H2. The minimum atomic E-state index is -0.0896. The molecule has 2 N–H and O–H groups in total. The van der Waals surface area contributed by atoms with Crippen LogP contribution < -0.4 is 5.73 Å². The fourth-order valence-corrected chi connectivity index (χ4v) is 2.97. The molecule has 0 radical (unpaired) electrons. The number of rotatable bonds is 3. The molecule has 3 heteroatoms. The Balaban J connectivity index is 1.87. The van der Waals surface area contributed by atoms with Gasteiger partial charge in [-0.25, -0.2) is 0 Å². The maximum atomic E-state index is 6.33. The lowest BCUT2D eigenvalue weighted by Gasteiger charge is -2.14. The summed E-state index contributed by atoms with van der Waals surface area (Å²) in [5.41, 5.74) is 8.46. The molecule has 0 amide bonds. The lowest BCUT2D eigenvalue weighted by Crippen LogP contribution is -2.13. The Morgan fingerprint density at radius 2 is 1.62 bits per heavy atom. The fraction of sp³-hybridized carbons (Fsp3) is 0.111. The molecule has 106 valence electrons. The summed E-state index contributed by atoms with van der Waals surface area (Å²) in [6, 6.07) is 20.0. The summed E-state index contributed by atoms with van der Waals surface area (Å²) in [4.78, 5) is 0. The second-order valence-corrected chi connectivity index (χ2v) is 6.00. The molecule has 1 unspecified atom stereocenters. The topological polar surface area (TPSA) is 26.0 Å². The fourth-order valence-electron chi connectivity index (χ4n) is 2.48. The molecule has 1 atom stereocenters. The number of benzene rings is 3. The molecule has 0 saturated heterocycles. The smallest absolute Gasteiger partial charge is 0.0453 e. The lowest BCUT2D eigenvalue weighted by molar-refractivity contribution is 0.723. The molecule has 1 nitrogen and oxygen atoms in total. The van der Waals surface area contributed by atoms with Crippen molar-refractivity contribution in [2.24, 2.45) is 5.73 Å². The third-order valence-electron chi connectivity index (χ3n) is 3.66. The zero-order valence-electron chi connectivity index (χ0n) is 11.4. The second kappa shape index (κ2) is 6.07. The van der Waals surface area contributed by atoms with Gasteiger partial charge in [0.15, 0.2) is 0 Å². The molecule has 0 aliphatic heterocycles.